The molecule has 0 amide bonds. The SMILES string of the molecule is Clc1cccc2sc(N3CCCN(C4CCOC4)CC3)nc12. The third-order valence-corrected chi connectivity index (χ3v) is 5.97. The zero-order chi connectivity index (χ0) is 14.9. The van der Waals surface area contributed by atoms with E-state index in [1.54, 1.807) is 11.3 Å². The average Bonchev–Trinajstić information content (AvgIpc) is 3.13. The van der Waals surface area contributed by atoms with Crippen molar-refractivity contribution < 1.29 is 4.74 Å². The fourth-order valence-electron chi connectivity index (χ4n) is 3.34. The van der Waals surface area contributed by atoms with E-state index in [-0.39, 0.29) is 0 Å². The zero-order valence-electron chi connectivity index (χ0n) is 12.5. The van der Waals surface area contributed by atoms with E-state index in [4.69, 9.17) is 21.3 Å². The lowest BCUT2D eigenvalue weighted by Crippen LogP contribution is -2.38. The van der Waals surface area contributed by atoms with Gasteiger partial charge in [0.25, 0.3) is 0 Å². The third-order valence-electron chi connectivity index (χ3n) is 4.58. The van der Waals surface area contributed by atoms with Crippen LogP contribution in [0.4, 0.5) is 5.13 Å². The molecule has 0 saturated carbocycles. The lowest BCUT2D eigenvalue weighted by atomic mass is 10.2. The fourth-order valence-corrected chi connectivity index (χ4v) is 4.66. The van der Waals surface area contributed by atoms with E-state index < -0.39 is 0 Å². The monoisotopic (exact) mass is 337 g/mol. The van der Waals surface area contributed by atoms with Crippen molar-refractivity contribution in [1.82, 2.24) is 9.88 Å². The number of benzene rings is 1. The summed E-state index contributed by atoms with van der Waals surface area (Å²) < 4.78 is 6.71. The average molecular weight is 338 g/mol. The van der Waals surface area contributed by atoms with Crippen LogP contribution < -0.4 is 4.90 Å². The molecular weight excluding hydrogens is 318 g/mol. The summed E-state index contributed by atoms with van der Waals surface area (Å²) in [6, 6.07) is 6.63. The van der Waals surface area contributed by atoms with Gasteiger partial charge >= 0.3 is 0 Å². The van der Waals surface area contributed by atoms with Gasteiger partial charge < -0.3 is 9.64 Å². The van der Waals surface area contributed by atoms with Crippen molar-refractivity contribution in [3.63, 3.8) is 0 Å². The molecule has 1 unspecified atom stereocenters. The molecule has 6 heteroatoms. The standard InChI is InChI=1S/C16H20ClN3OS/c17-13-3-1-4-14-15(13)18-16(22-14)20-7-2-6-19(8-9-20)12-5-10-21-11-12/h1,3-4,12H,2,5-11H2. The maximum absolute atomic E-state index is 6.25. The van der Waals surface area contributed by atoms with Gasteiger partial charge in [0.2, 0.25) is 0 Å². The number of rotatable bonds is 2. The van der Waals surface area contributed by atoms with Crippen LogP contribution in [0.2, 0.25) is 5.02 Å². The predicted octanol–water partition coefficient (Wildman–Crippen LogP) is 3.25. The van der Waals surface area contributed by atoms with Crippen LogP contribution in [0.15, 0.2) is 18.2 Å². The summed E-state index contributed by atoms with van der Waals surface area (Å²) in [4.78, 5) is 9.77. The summed E-state index contributed by atoms with van der Waals surface area (Å²) in [6.45, 7) is 6.18. The first-order chi connectivity index (χ1) is 10.8. The zero-order valence-corrected chi connectivity index (χ0v) is 14.1. The Bertz CT molecular complexity index is 656. The minimum Gasteiger partial charge on any atom is -0.380 e. The van der Waals surface area contributed by atoms with Crippen molar-refractivity contribution >= 4 is 38.3 Å². The number of ether oxygens (including phenoxy) is 1. The van der Waals surface area contributed by atoms with Gasteiger partial charge in [-0.1, -0.05) is 29.0 Å². The Morgan fingerprint density at radius 3 is 3.00 bits per heavy atom. The van der Waals surface area contributed by atoms with Crippen LogP contribution in [0.3, 0.4) is 0 Å². The molecule has 4 nitrogen and oxygen atoms in total. The normalized spacial score (nSPS) is 24.0. The second-order valence-corrected chi connectivity index (χ2v) is 7.39. The van der Waals surface area contributed by atoms with Gasteiger partial charge in [-0.25, -0.2) is 4.98 Å². The third kappa shape index (κ3) is 2.83. The van der Waals surface area contributed by atoms with Crippen LogP contribution in [0.1, 0.15) is 12.8 Å². The molecule has 1 aromatic carbocycles. The Labute approximate surface area is 139 Å². The van der Waals surface area contributed by atoms with E-state index in [9.17, 15) is 0 Å². The maximum atomic E-state index is 6.25. The number of hydrogen-bond acceptors (Lipinski definition) is 5. The second kappa shape index (κ2) is 6.32. The first-order valence-corrected chi connectivity index (χ1v) is 9.12. The Morgan fingerprint density at radius 1 is 1.23 bits per heavy atom. The van der Waals surface area contributed by atoms with E-state index in [1.807, 2.05) is 12.1 Å². The van der Waals surface area contributed by atoms with E-state index in [2.05, 4.69) is 15.9 Å². The number of nitrogens with zero attached hydrogens (tertiary/aromatic N) is 3. The highest BCUT2D eigenvalue weighted by molar-refractivity contribution is 7.22. The van der Waals surface area contributed by atoms with Crippen LogP contribution in [0, 0.1) is 0 Å². The van der Waals surface area contributed by atoms with Crippen LogP contribution >= 0.6 is 22.9 Å². The number of halogens is 1. The molecule has 0 spiro atoms. The minimum atomic E-state index is 0.616. The van der Waals surface area contributed by atoms with E-state index in [0.29, 0.717) is 6.04 Å². The number of aromatic nitrogens is 1. The van der Waals surface area contributed by atoms with Crippen LogP contribution in [-0.4, -0.2) is 55.3 Å². The van der Waals surface area contributed by atoms with Gasteiger partial charge in [0.15, 0.2) is 5.13 Å². The van der Waals surface area contributed by atoms with Crippen LogP contribution in [-0.2, 0) is 4.74 Å². The summed E-state index contributed by atoms with van der Waals surface area (Å²) in [7, 11) is 0. The van der Waals surface area contributed by atoms with Crippen molar-refractivity contribution in [2.75, 3.05) is 44.3 Å². The largest absolute Gasteiger partial charge is 0.380 e. The van der Waals surface area contributed by atoms with Crippen molar-refractivity contribution in [3.05, 3.63) is 23.2 Å². The molecule has 0 bridgehead atoms. The quantitative estimate of drug-likeness (QED) is 0.841. The molecule has 2 aromatic rings. The Kier molecular flexibility index (Phi) is 4.22. The topological polar surface area (TPSA) is 28.6 Å². The highest BCUT2D eigenvalue weighted by atomic mass is 35.5. The molecule has 118 valence electrons. The summed E-state index contributed by atoms with van der Waals surface area (Å²) in [5.74, 6) is 0. The van der Waals surface area contributed by atoms with E-state index >= 15 is 0 Å². The number of thiazole rings is 1. The first kappa shape index (κ1) is 14.7. The van der Waals surface area contributed by atoms with Gasteiger partial charge in [-0.05, 0) is 25.0 Å². The fraction of sp³-hybridized carbons (Fsp3) is 0.562. The van der Waals surface area contributed by atoms with Gasteiger partial charge in [-0.2, -0.15) is 0 Å². The van der Waals surface area contributed by atoms with Crippen LogP contribution in [0.5, 0.6) is 0 Å². The molecule has 1 atom stereocenters. The maximum Gasteiger partial charge on any atom is 0.186 e. The highest BCUT2D eigenvalue weighted by Crippen LogP contribution is 2.33. The number of para-hydroxylation sites is 1. The number of anilines is 1. The van der Waals surface area contributed by atoms with Gasteiger partial charge in [-0.3, -0.25) is 4.90 Å². The Hall–Kier alpha value is -0.880. The van der Waals surface area contributed by atoms with Crippen molar-refractivity contribution in [1.29, 1.82) is 0 Å². The van der Waals surface area contributed by atoms with E-state index in [1.165, 1.54) is 17.5 Å². The second-order valence-electron chi connectivity index (χ2n) is 5.98. The summed E-state index contributed by atoms with van der Waals surface area (Å²) in [6.07, 6.45) is 2.36. The molecule has 4 rings (SSSR count). The molecule has 3 heterocycles. The van der Waals surface area contributed by atoms with Crippen molar-refractivity contribution in [3.8, 4) is 0 Å². The molecule has 0 radical (unpaired) electrons. The summed E-state index contributed by atoms with van der Waals surface area (Å²) in [5, 5.41) is 1.85. The summed E-state index contributed by atoms with van der Waals surface area (Å²) >= 11 is 8.00. The minimum absolute atomic E-state index is 0.616. The van der Waals surface area contributed by atoms with Gasteiger partial charge in [0, 0.05) is 38.8 Å². The Morgan fingerprint density at radius 2 is 2.18 bits per heavy atom. The lowest BCUT2D eigenvalue weighted by molar-refractivity contribution is 0.148. The van der Waals surface area contributed by atoms with Crippen LogP contribution in [0.25, 0.3) is 10.2 Å². The number of hydrogen-bond donors (Lipinski definition) is 0. The summed E-state index contributed by atoms with van der Waals surface area (Å²) in [5.41, 5.74) is 0.939. The van der Waals surface area contributed by atoms with Crippen molar-refractivity contribution in [2.24, 2.45) is 0 Å². The molecule has 0 N–H and O–H groups in total. The predicted molar refractivity (Wildman–Crippen MR) is 92.3 cm³/mol. The van der Waals surface area contributed by atoms with E-state index in [0.717, 1.165) is 55.1 Å². The van der Waals surface area contributed by atoms with Crippen molar-refractivity contribution in [2.45, 2.75) is 18.9 Å². The Balaban J connectivity index is 1.51. The van der Waals surface area contributed by atoms with Gasteiger partial charge in [-0.15, -0.1) is 0 Å². The first-order valence-electron chi connectivity index (χ1n) is 7.93. The molecule has 22 heavy (non-hydrogen) atoms. The molecule has 2 fully saturated rings. The molecule has 2 aliphatic heterocycles. The molecule has 0 aliphatic carbocycles. The molecular formula is C16H20ClN3OS. The lowest BCUT2D eigenvalue weighted by Gasteiger charge is -2.26. The highest BCUT2D eigenvalue weighted by Gasteiger charge is 2.26. The molecule has 2 aliphatic rings. The molecule has 1 aromatic heterocycles. The molecule has 2 saturated heterocycles. The van der Waals surface area contributed by atoms with Gasteiger partial charge in [0.1, 0.15) is 5.52 Å². The smallest absolute Gasteiger partial charge is 0.186 e. The van der Waals surface area contributed by atoms with Gasteiger partial charge in [0.05, 0.1) is 16.3 Å². The number of fused-ring (bicyclic) bond motifs is 1.